The van der Waals surface area contributed by atoms with Gasteiger partial charge >= 0.3 is 0 Å². The molecule has 4 rings (SSSR count). The highest BCUT2D eigenvalue weighted by molar-refractivity contribution is 9.10. The molecular formula is C19H14BrN. The van der Waals surface area contributed by atoms with E-state index >= 15 is 0 Å². The van der Waals surface area contributed by atoms with Gasteiger partial charge in [-0.05, 0) is 39.9 Å². The average molecular weight is 336 g/mol. The quantitative estimate of drug-likeness (QED) is 0.449. The summed E-state index contributed by atoms with van der Waals surface area (Å²) in [7, 11) is 0. The molecule has 0 saturated carbocycles. The van der Waals surface area contributed by atoms with Gasteiger partial charge in [0.2, 0.25) is 0 Å². The van der Waals surface area contributed by atoms with Gasteiger partial charge in [-0.3, -0.25) is 0 Å². The summed E-state index contributed by atoms with van der Waals surface area (Å²) in [6.45, 7) is 0.890. The molecule has 0 unspecified atom stereocenters. The van der Waals surface area contributed by atoms with Crippen LogP contribution < -0.4 is 0 Å². The monoisotopic (exact) mass is 335 g/mol. The van der Waals surface area contributed by atoms with Gasteiger partial charge in [-0.15, -0.1) is 0 Å². The number of aromatic nitrogens is 1. The van der Waals surface area contributed by atoms with Crippen molar-refractivity contribution in [2.75, 3.05) is 0 Å². The molecule has 2 heteroatoms. The van der Waals surface area contributed by atoms with Gasteiger partial charge < -0.3 is 4.57 Å². The van der Waals surface area contributed by atoms with Crippen LogP contribution in [0.4, 0.5) is 0 Å². The molecule has 0 aliphatic rings. The third kappa shape index (κ3) is 2.26. The van der Waals surface area contributed by atoms with Gasteiger partial charge in [0.05, 0.1) is 0 Å². The van der Waals surface area contributed by atoms with Gasteiger partial charge in [0.25, 0.3) is 0 Å². The molecular weight excluding hydrogens is 322 g/mol. The molecule has 0 atom stereocenters. The number of nitrogens with zero attached hydrogens (tertiary/aromatic N) is 1. The number of halogens is 1. The Hall–Kier alpha value is -2.06. The molecule has 4 aromatic rings. The maximum absolute atomic E-state index is 3.56. The van der Waals surface area contributed by atoms with Crippen molar-refractivity contribution in [3.63, 3.8) is 0 Å². The van der Waals surface area contributed by atoms with Crippen LogP contribution in [0.1, 0.15) is 5.56 Å². The van der Waals surface area contributed by atoms with Gasteiger partial charge in [0, 0.05) is 22.7 Å². The Bertz CT molecular complexity index is 931. The summed E-state index contributed by atoms with van der Waals surface area (Å²) < 4.78 is 3.43. The largest absolute Gasteiger partial charge is 0.343 e. The van der Waals surface area contributed by atoms with E-state index in [0.29, 0.717) is 0 Å². The fourth-order valence-electron chi connectivity index (χ4n) is 2.91. The third-order valence-electron chi connectivity index (χ3n) is 3.96. The lowest BCUT2D eigenvalue weighted by molar-refractivity contribution is 0.843. The SMILES string of the molecule is Brc1ccc2ccn(Cc3cccc4ccccc34)c2c1. The molecule has 0 aliphatic carbocycles. The topological polar surface area (TPSA) is 4.93 Å². The molecule has 0 amide bonds. The fourth-order valence-corrected chi connectivity index (χ4v) is 3.26. The van der Waals surface area contributed by atoms with Crippen molar-refractivity contribution in [2.24, 2.45) is 0 Å². The number of benzene rings is 3. The molecule has 0 bridgehead atoms. The fraction of sp³-hybridized carbons (Fsp3) is 0.0526. The van der Waals surface area contributed by atoms with Gasteiger partial charge in [-0.2, -0.15) is 0 Å². The van der Waals surface area contributed by atoms with Crippen molar-refractivity contribution in [3.05, 3.63) is 83.0 Å². The smallest absolute Gasteiger partial charge is 0.0494 e. The molecule has 0 aliphatic heterocycles. The van der Waals surface area contributed by atoms with E-state index in [2.05, 4.69) is 93.4 Å². The number of hydrogen-bond donors (Lipinski definition) is 0. The van der Waals surface area contributed by atoms with E-state index in [0.717, 1.165) is 11.0 Å². The first-order valence-electron chi connectivity index (χ1n) is 7.02. The van der Waals surface area contributed by atoms with E-state index in [1.165, 1.54) is 27.2 Å². The van der Waals surface area contributed by atoms with Gasteiger partial charge in [0.15, 0.2) is 0 Å². The molecule has 0 radical (unpaired) electrons. The van der Waals surface area contributed by atoms with Gasteiger partial charge in [-0.1, -0.05) is 64.5 Å². The van der Waals surface area contributed by atoms with E-state index in [-0.39, 0.29) is 0 Å². The van der Waals surface area contributed by atoms with Crippen molar-refractivity contribution < 1.29 is 0 Å². The van der Waals surface area contributed by atoms with E-state index in [9.17, 15) is 0 Å². The Morgan fingerprint density at radius 3 is 2.62 bits per heavy atom. The van der Waals surface area contributed by atoms with Crippen molar-refractivity contribution in [2.45, 2.75) is 6.54 Å². The van der Waals surface area contributed by atoms with Crippen LogP contribution >= 0.6 is 15.9 Å². The minimum absolute atomic E-state index is 0.890. The molecule has 21 heavy (non-hydrogen) atoms. The zero-order valence-corrected chi connectivity index (χ0v) is 13.0. The molecule has 1 heterocycles. The summed E-state index contributed by atoms with van der Waals surface area (Å²) in [5.74, 6) is 0. The van der Waals surface area contributed by atoms with Crippen LogP contribution in [-0.4, -0.2) is 4.57 Å². The van der Waals surface area contributed by atoms with Crippen molar-refractivity contribution >= 4 is 37.6 Å². The van der Waals surface area contributed by atoms with Crippen LogP contribution in [0.5, 0.6) is 0 Å². The first kappa shape index (κ1) is 12.7. The van der Waals surface area contributed by atoms with Crippen LogP contribution in [0.15, 0.2) is 77.4 Å². The lowest BCUT2D eigenvalue weighted by Crippen LogP contribution is -1.98. The van der Waals surface area contributed by atoms with Gasteiger partial charge in [-0.25, -0.2) is 0 Å². The summed E-state index contributed by atoms with van der Waals surface area (Å²) in [4.78, 5) is 0. The third-order valence-corrected chi connectivity index (χ3v) is 4.45. The molecule has 0 saturated heterocycles. The number of hydrogen-bond acceptors (Lipinski definition) is 0. The van der Waals surface area contributed by atoms with Crippen LogP contribution in [0.3, 0.4) is 0 Å². The second-order valence-corrected chi connectivity index (χ2v) is 6.20. The molecule has 3 aromatic carbocycles. The Morgan fingerprint density at radius 2 is 1.67 bits per heavy atom. The van der Waals surface area contributed by atoms with Crippen LogP contribution in [0.25, 0.3) is 21.7 Å². The molecule has 1 nitrogen and oxygen atoms in total. The Balaban J connectivity index is 1.85. The van der Waals surface area contributed by atoms with Crippen LogP contribution in [0.2, 0.25) is 0 Å². The van der Waals surface area contributed by atoms with E-state index < -0.39 is 0 Å². The van der Waals surface area contributed by atoms with E-state index in [1.807, 2.05) is 0 Å². The first-order chi connectivity index (χ1) is 10.3. The Morgan fingerprint density at radius 1 is 0.810 bits per heavy atom. The van der Waals surface area contributed by atoms with E-state index in [4.69, 9.17) is 0 Å². The maximum Gasteiger partial charge on any atom is 0.0494 e. The maximum atomic E-state index is 3.56. The average Bonchev–Trinajstić information content (AvgIpc) is 2.90. The normalized spacial score (nSPS) is 11.3. The van der Waals surface area contributed by atoms with E-state index in [1.54, 1.807) is 0 Å². The zero-order chi connectivity index (χ0) is 14.2. The minimum atomic E-state index is 0.890. The minimum Gasteiger partial charge on any atom is -0.343 e. The van der Waals surface area contributed by atoms with Crippen LogP contribution in [0, 0.1) is 0 Å². The second-order valence-electron chi connectivity index (χ2n) is 5.29. The predicted molar refractivity (Wildman–Crippen MR) is 92.7 cm³/mol. The predicted octanol–water partition coefficient (Wildman–Crippen LogP) is 5.61. The summed E-state index contributed by atoms with van der Waals surface area (Å²) in [6, 6.07) is 23.7. The zero-order valence-electron chi connectivity index (χ0n) is 11.5. The highest BCUT2D eigenvalue weighted by Crippen LogP contribution is 2.24. The van der Waals surface area contributed by atoms with Crippen molar-refractivity contribution in [1.82, 2.24) is 4.57 Å². The first-order valence-corrected chi connectivity index (χ1v) is 7.81. The van der Waals surface area contributed by atoms with Crippen molar-refractivity contribution in [3.8, 4) is 0 Å². The number of fused-ring (bicyclic) bond motifs is 2. The molecule has 1 aromatic heterocycles. The van der Waals surface area contributed by atoms with Gasteiger partial charge in [0.1, 0.15) is 0 Å². The highest BCUT2D eigenvalue weighted by Gasteiger charge is 2.05. The summed E-state index contributed by atoms with van der Waals surface area (Å²) >= 11 is 3.56. The Labute approximate surface area is 132 Å². The number of rotatable bonds is 2. The lowest BCUT2D eigenvalue weighted by atomic mass is 10.0. The Kier molecular flexibility index (Phi) is 3.04. The molecule has 0 spiro atoms. The highest BCUT2D eigenvalue weighted by atomic mass is 79.9. The summed E-state index contributed by atoms with van der Waals surface area (Å²) in [5.41, 5.74) is 2.61. The lowest BCUT2D eigenvalue weighted by Gasteiger charge is -2.09. The molecule has 0 fully saturated rings. The molecule has 102 valence electrons. The van der Waals surface area contributed by atoms with Crippen LogP contribution in [-0.2, 0) is 6.54 Å². The molecule has 0 N–H and O–H groups in total. The van der Waals surface area contributed by atoms with Crippen molar-refractivity contribution in [1.29, 1.82) is 0 Å². The summed E-state index contributed by atoms with van der Waals surface area (Å²) in [6.07, 6.45) is 2.17. The standard InChI is InChI=1S/C19H14BrN/c20-17-9-8-15-10-11-21(19(15)12-17)13-16-6-3-5-14-4-1-2-7-18(14)16/h1-12H,13H2. The second kappa shape index (κ2) is 5.05. The summed E-state index contributed by atoms with van der Waals surface area (Å²) in [5, 5.41) is 3.91.